The Kier molecular flexibility index (Phi) is 4.77. The third-order valence-corrected chi connectivity index (χ3v) is 5.40. The highest BCUT2D eigenvalue weighted by Crippen LogP contribution is 2.24. The van der Waals surface area contributed by atoms with Crippen LogP contribution in [0.1, 0.15) is 16.0 Å². The summed E-state index contributed by atoms with van der Waals surface area (Å²) in [6.07, 6.45) is 2.00. The number of nitrogens with one attached hydrogen (secondary N) is 2. The van der Waals surface area contributed by atoms with Crippen LogP contribution in [0, 0.1) is 0 Å². The number of benzene rings is 1. The van der Waals surface area contributed by atoms with Crippen molar-refractivity contribution in [2.24, 2.45) is 0 Å². The van der Waals surface area contributed by atoms with Crippen LogP contribution in [0.3, 0.4) is 0 Å². The smallest absolute Gasteiger partial charge is 0.317 e. The van der Waals surface area contributed by atoms with Crippen LogP contribution in [0.15, 0.2) is 35.7 Å². The normalized spacial score (nSPS) is 14.1. The van der Waals surface area contributed by atoms with Crippen molar-refractivity contribution in [2.75, 3.05) is 17.5 Å². The maximum absolute atomic E-state index is 12.3. The van der Waals surface area contributed by atoms with Gasteiger partial charge in [0.2, 0.25) is 10.0 Å². The van der Waals surface area contributed by atoms with E-state index in [1.165, 1.54) is 10.4 Å². The van der Waals surface area contributed by atoms with Gasteiger partial charge >= 0.3 is 6.03 Å². The highest BCUT2D eigenvalue weighted by Gasteiger charge is 2.21. The Bertz CT molecular complexity index is 846. The Hall–Kier alpha value is -2.06. The van der Waals surface area contributed by atoms with Gasteiger partial charge in [-0.15, -0.1) is 11.3 Å². The fourth-order valence-electron chi connectivity index (χ4n) is 2.67. The van der Waals surface area contributed by atoms with Crippen LogP contribution in [0.5, 0.6) is 0 Å². The highest BCUT2D eigenvalue weighted by atomic mass is 32.2. The number of urea groups is 1. The first-order valence-electron chi connectivity index (χ1n) is 7.55. The van der Waals surface area contributed by atoms with E-state index >= 15 is 0 Å². The van der Waals surface area contributed by atoms with Gasteiger partial charge in [-0.3, -0.25) is 4.72 Å². The van der Waals surface area contributed by atoms with Crippen molar-refractivity contribution in [3.63, 3.8) is 0 Å². The maximum Gasteiger partial charge on any atom is 0.317 e. The van der Waals surface area contributed by atoms with E-state index in [1.807, 2.05) is 6.07 Å². The van der Waals surface area contributed by atoms with E-state index in [2.05, 4.69) is 21.5 Å². The summed E-state index contributed by atoms with van der Waals surface area (Å²) in [5.74, 6) is 0. The van der Waals surface area contributed by atoms with Crippen LogP contribution >= 0.6 is 11.3 Å². The molecule has 0 radical (unpaired) electrons. The average Bonchev–Trinajstić information content (AvgIpc) is 2.99. The lowest BCUT2D eigenvalue weighted by Gasteiger charge is -2.27. The predicted octanol–water partition coefficient (Wildman–Crippen LogP) is 2.39. The Morgan fingerprint density at radius 2 is 2.17 bits per heavy atom. The predicted molar refractivity (Wildman–Crippen MR) is 95.6 cm³/mol. The van der Waals surface area contributed by atoms with Crippen LogP contribution in [0.2, 0.25) is 0 Å². The molecular formula is C16H19N3O3S2. The molecule has 6 nitrogen and oxygen atoms in total. The molecule has 0 unspecified atom stereocenters. The number of anilines is 1. The second kappa shape index (κ2) is 6.82. The molecule has 0 saturated heterocycles. The molecule has 128 valence electrons. The molecule has 1 aromatic heterocycles. The Morgan fingerprint density at radius 1 is 1.33 bits per heavy atom. The minimum absolute atomic E-state index is 0.103. The number of rotatable bonds is 4. The lowest BCUT2D eigenvalue weighted by Crippen LogP contribution is -2.42. The van der Waals surface area contributed by atoms with E-state index in [4.69, 9.17) is 0 Å². The monoisotopic (exact) mass is 365 g/mol. The molecule has 0 aliphatic carbocycles. The molecule has 0 fully saturated rings. The van der Waals surface area contributed by atoms with Crippen LogP contribution in [-0.2, 0) is 29.5 Å². The van der Waals surface area contributed by atoms with Gasteiger partial charge in [-0.25, -0.2) is 13.2 Å². The zero-order chi connectivity index (χ0) is 17.2. The average molecular weight is 365 g/mol. The molecule has 1 aromatic carbocycles. The molecular weight excluding hydrogens is 346 g/mol. The molecule has 3 rings (SSSR count). The number of carbonyl (C=O) groups is 1. The molecule has 0 atom stereocenters. The number of fused-ring (bicyclic) bond motifs is 1. The zero-order valence-corrected chi connectivity index (χ0v) is 14.9. The van der Waals surface area contributed by atoms with Gasteiger partial charge in [-0.05, 0) is 41.1 Å². The first-order valence-corrected chi connectivity index (χ1v) is 10.3. The van der Waals surface area contributed by atoms with Crippen LogP contribution in [0.25, 0.3) is 0 Å². The maximum atomic E-state index is 12.3. The van der Waals surface area contributed by atoms with Gasteiger partial charge in [-0.1, -0.05) is 12.1 Å². The van der Waals surface area contributed by atoms with E-state index in [1.54, 1.807) is 34.4 Å². The molecule has 2 amide bonds. The van der Waals surface area contributed by atoms with E-state index < -0.39 is 10.0 Å². The fraction of sp³-hybridized carbons (Fsp3) is 0.312. The van der Waals surface area contributed by atoms with Gasteiger partial charge in [0.1, 0.15) is 0 Å². The fourth-order valence-corrected chi connectivity index (χ4v) is 4.11. The zero-order valence-electron chi connectivity index (χ0n) is 13.3. The number of nitrogens with zero attached hydrogens (tertiary/aromatic N) is 1. The van der Waals surface area contributed by atoms with E-state index in [9.17, 15) is 13.2 Å². The summed E-state index contributed by atoms with van der Waals surface area (Å²) in [5, 5.41) is 4.96. The third kappa shape index (κ3) is 4.27. The molecule has 8 heteroatoms. The minimum Gasteiger partial charge on any atom is -0.334 e. The number of hydrogen-bond donors (Lipinski definition) is 2. The first-order chi connectivity index (χ1) is 11.4. The number of carbonyl (C=O) groups excluding carboxylic acids is 1. The molecule has 2 N–H and O–H groups in total. The summed E-state index contributed by atoms with van der Waals surface area (Å²) in [4.78, 5) is 15.5. The van der Waals surface area contributed by atoms with Crippen molar-refractivity contribution < 1.29 is 13.2 Å². The van der Waals surface area contributed by atoms with Gasteiger partial charge in [0.15, 0.2) is 0 Å². The summed E-state index contributed by atoms with van der Waals surface area (Å²) in [6, 6.07) is 8.96. The van der Waals surface area contributed by atoms with Crippen molar-refractivity contribution in [1.29, 1.82) is 0 Å². The summed E-state index contributed by atoms with van der Waals surface area (Å²) >= 11 is 1.74. The lowest BCUT2D eigenvalue weighted by molar-refractivity contribution is 0.192. The van der Waals surface area contributed by atoms with Crippen molar-refractivity contribution in [1.82, 2.24) is 10.2 Å². The van der Waals surface area contributed by atoms with E-state index in [0.717, 1.165) is 24.8 Å². The van der Waals surface area contributed by atoms with Gasteiger partial charge in [0.25, 0.3) is 0 Å². The van der Waals surface area contributed by atoms with Gasteiger partial charge in [0.05, 0.1) is 6.26 Å². The Balaban J connectivity index is 1.58. The lowest BCUT2D eigenvalue weighted by atomic mass is 10.1. The molecule has 2 heterocycles. The standard InChI is InChI=1S/C16H19N3O3S2/c1-24(21,22)18-14-4-2-3-12(9-14)10-17-16(20)19-7-5-15-13(11-19)6-8-23-15/h2-4,6,8-9,18H,5,7,10-11H2,1H3,(H,17,20). The number of hydrogen-bond acceptors (Lipinski definition) is 4. The molecule has 24 heavy (non-hydrogen) atoms. The SMILES string of the molecule is CS(=O)(=O)Nc1cccc(CNC(=O)N2CCc3sccc3C2)c1. The van der Waals surface area contributed by atoms with Gasteiger partial charge in [-0.2, -0.15) is 0 Å². The second-order valence-corrected chi connectivity index (χ2v) is 8.52. The van der Waals surface area contributed by atoms with Gasteiger partial charge in [0, 0.05) is 30.2 Å². The van der Waals surface area contributed by atoms with Crippen molar-refractivity contribution in [3.8, 4) is 0 Å². The molecule has 1 aliphatic rings. The minimum atomic E-state index is -3.31. The number of amides is 2. The van der Waals surface area contributed by atoms with Crippen LogP contribution < -0.4 is 10.0 Å². The van der Waals surface area contributed by atoms with E-state index in [-0.39, 0.29) is 6.03 Å². The highest BCUT2D eigenvalue weighted by molar-refractivity contribution is 7.92. The van der Waals surface area contributed by atoms with E-state index in [0.29, 0.717) is 18.8 Å². The Labute approximate surface area is 145 Å². The first kappa shape index (κ1) is 16.8. The van der Waals surface area contributed by atoms with Crippen molar-refractivity contribution in [2.45, 2.75) is 19.5 Å². The van der Waals surface area contributed by atoms with Crippen molar-refractivity contribution >= 4 is 33.1 Å². The van der Waals surface area contributed by atoms with Crippen molar-refractivity contribution in [3.05, 3.63) is 51.7 Å². The molecule has 0 bridgehead atoms. The second-order valence-electron chi connectivity index (χ2n) is 5.77. The van der Waals surface area contributed by atoms with Crippen LogP contribution in [0.4, 0.5) is 10.5 Å². The summed E-state index contributed by atoms with van der Waals surface area (Å²) in [7, 11) is -3.31. The quantitative estimate of drug-likeness (QED) is 0.873. The summed E-state index contributed by atoms with van der Waals surface area (Å²) in [5.41, 5.74) is 2.55. The number of sulfonamides is 1. The van der Waals surface area contributed by atoms with Gasteiger partial charge < -0.3 is 10.2 Å². The largest absolute Gasteiger partial charge is 0.334 e. The summed E-state index contributed by atoms with van der Waals surface area (Å²) in [6.45, 7) is 1.71. The Morgan fingerprint density at radius 3 is 2.96 bits per heavy atom. The molecule has 0 spiro atoms. The summed E-state index contributed by atoms with van der Waals surface area (Å²) < 4.78 is 25.0. The number of thiophene rings is 1. The third-order valence-electron chi connectivity index (χ3n) is 3.77. The molecule has 2 aromatic rings. The molecule has 0 saturated carbocycles. The topological polar surface area (TPSA) is 78.5 Å². The van der Waals surface area contributed by atoms with Crippen LogP contribution in [-0.4, -0.2) is 32.1 Å². The molecule has 1 aliphatic heterocycles.